The molecule has 118 valence electrons. The number of H-pyrrole nitrogens is 1. The molecule has 2 aromatic rings. The molecule has 0 spiro atoms. The molecule has 0 radical (unpaired) electrons. The molecule has 0 saturated carbocycles. The largest absolute Gasteiger partial charge is 0.480 e. The summed E-state index contributed by atoms with van der Waals surface area (Å²) in [5, 5.41) is 9.46. The highest BCUT2D eigenvalue weighted by molar-refractivity contribution is 5.96. The van der Waals surface area contributed by atoms with Crippen molar-refractivity contribution >= 4 is 11.9 Å². The molecule has 0 aliphatic carbocycles. The van der Waals surface area contributed by atoms with E-state index in [-0.39, 0.29) is 18.5 Å². The Labute approximate surface area is 132 Å². The van der Waals surface area contributed by atoms with Crippen molar-refractivity contribution in [1.82, 2.24) is 9.88 Å². The number of hydrogen-bond donors (Lipinski definition) is 2. The van der Waals surface area contributed by atoms with Gasteiger partial charge in [-0.2, -0.15) is 0 Å². The lowest BCUT2D eigenvalue weighted by Crippen LogP contribution is -2.49. The lowest BCUT2D eigenvalue weighted by atomic mass is 9.93. The van der Waals surface area contributed by atoms with E-state index in [1.54, 1.807) is 13.0 Å². The molecule has 3 rings (SSSR count). The summed E-state index contributed by atoms with van der Waals surface area (Å²) < 4.78 is 0. The summed E-state index contributed by atoms with van der Waals surface area (Å²) in [6, 6.07) is 9.52. The van der Waals surface area contributed by atoms with Crippen LogP contribution in [-0.4, -0.2) is 32.9 Å². The lowest BCUT2D eigenvalue weighted by Gasteiger charge is -2.34. The molecule has 2 N–H and O–H groups in total. The number of carbonyl (C=O) groups is 2. The number of aliphatic carboxylic acids is 1. The Kier molecular flexibility index (Phi) is 3.73. The van der Waals surface area contributed by atoms with E-state index in [4.69, 9.17) is 0 Å². The summed E-state index contributed by atoms with van der Waals surface area (Å²) in [7, 11) is 0. The average Bonchev–Trinajstić information content (AvgIpc) is 2.53. The van der Waals surface area contributed by atoms with Crippen molar-refractivity contribution in [2.75, 3.05) is 0 Å². The van der Waals surface area contributed by atoms with Crippen molar-refractivity contribution in [1.29, 1.82) is 0 Å². The number of aromatic amines is 1. The Morgan fingerprint density at radius 2 is 1.87 bits per heavy atom. The Bertz CT molecular complexity index is 840. The second kappa shape index (κ2) is 5.72. The number of benzene rings is 1. The van der Waals surface area contributed by atoms with Gasteiger partial charge in [-0.15, -0.1) is 0 Å². The van der Waals surface area contributed by atoms with E-state index >= 15 is 0 Å². The van der Waals surface area contributed by atoms with Gasteiger partial charge in [0.15, 0.2) is 0 Å². The number of nitrogens with zero attached hydrogens (tertiary/aromatic N) is 1. The van der Waals surface area contributed by atoms with Gasteiger partial charge in [0.2, 0.25) is 0 Å². The molecule has 1 amide bonds. The number of pyridine rings is 1. The molecule has 2 heterocycles. The van der Waals surface area contributed by atoms with Gasteiger partial charge in [0.05, 0.1) is 0 Å². The maximum Gasteiger partial charge on any atom is 0.326 e. The van der Waals surface area contributed by atoms with Crippen LogP contribution in [0.2, 0.25) is 0 Å². The number of carboxylic acids is 1. The quantitative estimate of drug-likeness (QED) is 0.875. The van der Waals surface area contributed by atoms with E-state index in [2.05, 4.69) is 4.98 Å². The second-order valence-corrected chi connectivity index (χ2v) is 5.64. The molecule has 1 aromatic heterocycles. The van der Waals surface area contributed by atoms with E-state index in [9.17, 15) is 19.5 Å². The van der Waals surface area contributed by atoms with Crippen LogP contribution in [0, 0.1) is 6.92 Å². The van der Waals surface area contributed by atoms with Gasteiger partial charge in [-0.1, -0.05) is 24.3 Å². The highest BCUT2D eigenvalue weighted by Crippen LogP contribution is 2.24. The van der Waals surface area contributed by atoms with Crippen molar-refractivity contribution in [3.63, 3.8) is 0 Å². The maximum absolute atomic E-state index is 12.7. The molecular weight excluding hydrogens is 296 g/mol. The van der Waals surface area contributed by atoms with Crippen LogP contribution in [-0.2, 0) is 17.8 Å². The fraction of sp³-hybridized carbons (Fsp3) is 0.235. The zero-order valence-electron chi connectivity index (χ0n) is 12.6. The van der Waals surface area contributed by atoms with Crippen LogP contribution in [0.5, 0.6) is 0 Å². The summed E-state index contributed by atoms with van der Waals surface area (Å²) in [6.45, 7) is 1.89. The highest BCUT2D eigenvalue weighted by atomic mass is 16.4. The number of aryl methyl sites for hydroxylation is 1. The number of aromatic nitrogens is 1. The topological polar surface area (TPSA) is 90.5 Å². The molecule has 0 bridgehead atoms. The average molecular weight is 312 g/mol. The van der Waals surface area contributed by atoms with Crippen molar-refractivity contribution in [2.45, 2.75) is 25.9 Å². The van der Waals surface area contributed by atoms with Crippen molar-refractivity contribution < 1.29 is 14.7 Å². The third-order valence-electron chi connectivity index (χ3n) is 4.08. The molecule has 6 heteroatoms. The number of nitrogens with one attached hydrogen (secondary N) is 1. The molecule has 1 aliphatic rings. The predicted molar refractivity (Wildman–Crippen MR) is 83.2 cm³/mol. The summed E-state index contributed by atoms with van der Waals surface area (Å²) in [4.78, 5) is 40.1. The van der Waals surface area contributed by atoms with Crippen LogP contribution < -0.4 is 5.56 Å². The number of carboxylic acid groups (broad SMARTS) is 1. The van der Waals surface area contributed by atoms with E-state index in [0.717, 1.165) is 11.1 Å². The normalized spacial score (nSPS) is 16.7. The molecule has 6 nitrogen and oxygen atoms in total. The van der Waals surface area contributed by atoms with E-state index in [1.807, 2.05) is 24.3 Å². The zero-order chi connectivity index (χ0) is 16.6. The standard InChI is InChI=1S/C17H16N2O4/c1-10-6-7-13(15(20)18-10)16(21)19-9-12-5-3-2-4-11(12)8-14(19)17(22)23/h2-7,14H,8-9H2,1H3,(H,18,20)(H,22,23). The molecule has 0 saturated heterocycles. The van der Waals surface area contributed by atoms with Gasteiger partial charge in [-0.3, -0.25) is 9.59 Å². The van der Waals surface area contributed by atoms with Crippen molar-refractivity contribution in [2.24, 2.45) is 0 Å². The molecule has 1 aromatic carbocycles. The minimum absolute atomic E-state index is 0.0405. The van der Waals surface area contributed by atoms with E-state index < -0.39 is 23.5 Å². The van der Waals surface area contributed by atoms with Gasteiger partial charge in [-0.05, 0) is 30.2 Å². The minimum atomic E-state index is -1.07. The van der Waals surface area contributed by atoms with Crippen molar-refractivity contribution in [3.8, 4) is 0 Å². The Morgan fingerprint density at radius 3 is 2.52 bits per heavy atom. The molecule has 1 unspecified atom stereocenters. The number of rotatable bonds is 2. The third-order valence-corrected chi connectivity index (χ3v) is 4.08. The van der Waals surface area contributed by atoms with Gasteiger partial charge >= 0.3 is 5.97 Å². The van der Waals surface area contributed by atoms with Crippen LogP contribution in [0.25, 0.3) is 0 Å². The SMILES string of the molecule is Cc1ccc(C(=O)N2Cc3ccccc3CC2C(=O)O)c(=O)[nH]1. The summed E-state index contributed by atoms with van der Waals surface area (Å²) in [6.07, 6.45) is 0.237. The van der Waals surface area contributed by atoms with Crippen LogP contribution in [0.1, 0.15) is 27.2 Å². The molecule has 1 atom stereocenters. The molecular formula is C17H16N2O4. The smallest absolute Gasteiger partial charge is 0.326 e. The summed E-state index contributed by atoms with van der Waals surface area (Å²) in [5.74, 6) is -1.63. The number of carbonyl (C=O) groups excluding carboxylic acids is 1. The zero-order valence-corrected chi connectivity index (χ0v) is 12.6. The van der Waals surface area contributed by atoms with Gasteiger partial charge in [0.25, 0.3) is 11.5 Å². The van der Waals surface area contributed by atoms with Crippen molar-refractivity contribution in [3.05, 3.63) is 69.1 Å². The second-order valence-electron chi connectivity index (χ2n) is 5.64. The number of fused-ring (bicyclic) bond motifs is 1. The first-order chi connectivity index (χ1) is 11.0. The lowest BCUT2D eigenvalue weighted by molar-refractivity contribution is -0.142. The highest BCUT2D eigenvalue weighted by Gasteiger charge is 2.35. The number of hydrogen-bond acceptors (Lipinski definition) is 3. The predicted octanol–water partition coefficient (Wildman–Crippen LogP) is 1.34. The van der Waals surface area contributed by atoms with Gasteiger partial charge in [0, 0.05) is 18.7 Å². The Balaban J connectivity index is 2.01. The van der Waals surface area contributed by atoms with Crippen LogP contribution in [0.3, 0.4) is 0 Å². The summed E-state index contributed by atoms with van der Waals surface area (Å²) in [5.41, 5.74) is 1.92. The fourth-order valence-corrected chi connectivity index (χ4v) is 2.85. The van der Waals surface area contributed by atoms with Crippen LogP contribution >= 0.6 is 0 Å². The van der Waals surface area contributed by atoms with Gasteiger partial charge < -0.3 is 15.0 Å². The van der Waals surface area contributed by atoms with E-state index in [1.165, 1.54) is 11.0 Å². The number of amides is 1. The molecule has 1 aliphatic heterocycles. The molecule has 23 heavy (non-hydrogen) atoms. The Morgan fingerprint density at radius 1 is 1.17 bits per heavy atom. The van der Waals surface area contributed by atoms with Crippen LogP contribution in [0.15, 0.2) is 41.2 Å². The van der Waals surface area contributed by atoms with Gasteiger partial charge in [-0.25, -0.2) is 4.79 Å². The molecule has 0 fully saturated rings. The minimum Gasteiger partial charge on any atom is -0.480 e. The van der Waals surface area contributed by atoms with E-state index in [0.29, 0.717) is 5.69 Å². The Hall–Kier alpha value is -2.89. The monoisotopic (exact) mass is 312 g/mol. The first-order valence-electron chi connectivity index (χ1n) is 7.28. The maximum atomic E-state index is 12.7. The fourth-order valence-electron chi connectivity index (χ4n) is 2.85. The van der Waals surface area contributed by atoms with Gasteiger partial charge in [0.1, 0.15) is 11.6 Å². The first kappa shape index (κ1) is 15.0. The summed E-state index contributed by atoms with van der Waals surface area (Å²) >= 11 is 0. The first-order valence-corrected chi connectivity index (χ1v) is 7.28. The van der Waals surface area contributed by atoms with Crippen LogP contribution in [0.4, 0.5) is 0 Å². The third kappa shape index (κ3) is 2.75.